The zero-order valence-corrected chi connectivity index (χ0v) is 12.7. The van der Waals surface area contributed by atoms with Gasteiger partial charge in [-0.2, -0.15) is 4.31 Å². The Kier molecular flexibility index (Phi) is 3.51. The van der Waals surface area contributed by atoms with Gasteiger partial charge in [0.05, 0.1) is 4.90 Å². The van der Waals surface area contributed by atoms with Crippen LogP contribution in [0.5, 0.6) is 0 Å². The lowest BCUT2D eigenvalue weighted by molar-refractivity contribution is 0.0999. The van der Waals surface area contributed by atoms with Crippen molar-refractivity contribution in [2.75, 3.05) is 19.6 Å². The van der Waals surface area contributed by atoms with Crippen LogP contribution in [-0.4, -0.2) is 44.3 Å². The number of carbonyl (C=O) groups is 1. The van der Waals surface area contributed by atoms with Crippen LogP contribution in [0, 0.1) is 12.8 Å². The smallest absolute Gasteiger partial charge is 0.249 e. The molecule has 0 unspecified atom stereocenters. The SMILES string of the molecule is Cc1ccc(S(=O)(=O)N2CC[C@H]3CNC[C@H]32)cc1C(N)=O. The lowest BCUT2D eigenvalue weighted by atomic mass is 10.1. The molecule has 2 fully saturated rings. The van der Waals surface area contributed by atoms with E-state index >= 15 is 0 Å². The number of primary amides is 1. The van der Waals surface area contributed by atoms with Gasteiger partial charge in [-0.15, -0.1) is 0 Å². The standard InChI is InChI=1S/C14H19N3O3S/c1-9-2-3-11(6-12(9)14(15)18)21(19,20)17-5-4-10-7-16-8-13(10)17/h2-3,6,10,13,16H,4-5,7-8H2,1H3,(H2,15,18)/t10-,13+/m0/s1. The van der Waals surface area contributed by atoms with E-state index in [1.165, 1.54) is 6.07 Å². The Bertz CT molecular complexity index is 687. The maximum Gasteiger partial charge on any atom is 0.249 e. The van der Waals surface area contributed by atoms with Crippen LogP contribution in [0.4, 0.5) is 0 Å². The molecule has 2 aliphatic rings. The number of benzene rings is 1. The molecule has 0 bridgehead atoms. The summed E-state index contributed by atoms with van der Waals surface area (Å²) < 4.78 is 27.2. The van der Waals surface area contributed by atoms with Gasteiger partial charge in [0.2, 0.25) is 15.9 Å². The first-order chi connectivity index (χ1) is 9.91. The highest BCUT2D eigenvalue weighted by molar-refractivity contribution is 7.89. The average Bonchev–Trinajstić information content (AvgIpc) is 3.00. The van der Waals surface area contributed by atoms with Crippen molar-refractivity contribution >= 4 is 15.9 Å². The van der Waals surface area contributed by atoms with Gasteiger partial charge in [0.1, 0.15) is 0 Å². The normalized spacial score (nSPS) is 26.0. The quantitative estimate of drug-likeness (QED) is 0.827. The van der Waals surface area contributed by atoms with Crippen molar-refractivity contribution in [3.05, 3.63) is 29.3 Å². The summed E-state index contributed by atoms with van der Waals surface area (Å²) in [6.45, 7) is 3.85. The van der Waals surface area contributed by atoms with Crippen LogP contribution in [0.3, 0.4) is 0 Å². The van der Waals surface area contributed by atoms with Gasteiger partial charge in [-0.1, -0.05) is 6.07 Å². The van der Waals surface area contributed by atoms with E-state index < -0.39 is 15.9 Å². The average molecular weight is 309 g/mol. The molecule has 2 atom stereocenters. The Balaban J connectivity index is 1.99. The Morgan fingerprint density at radius 2 is 2.14 bits per heavy atom. The number of hydrogen-bond donors (Lipinski definition) is 2. The fourth-order valence-corrected chi connectivity index (χ4v) is 5.00. The Morgan fingerprint density at radius 1 is 1.38 bits per heavy atom. The number of nitrogens with two attached hydrogens (primary N) is 1. The molecule has 0 saturated carbocycles. The number of nitrogens with one attached hydrogen (secondary N) is 1. The summed E-state index contributed by atoms with van der Waals surface area (Å²) in [5.41, 5.74) is 6.25. The molecule has 0 spiro atoms. The Labute approximate surface area is 124 Å². The number of hydrogen-bond acceptors (Lipinski definition) is 4. The zero-order valence-electron chi connectivity index (χ0n) is 11.9. The number of rotatable bonds is 3. The van der Waals surface area contributed by atoms with Crippen LogP contribution >= 0.6 is 0 Å². The van der Waals surface area contributed by atoms with Crippen LogP contribution in [0.15, 0.2) is 23.1 Å². The third-order valence-electron chi connectivity index (χ3n) is 4.48. The molecule has 2 heterocycles. The lowest BCUT2D eigenvalue weighted by Crippen LogP contribution is -2.39. The monoisotopic (exact) mass is 309 g/mol. The summed E-state index contributed by atoms with van der Waals surface area (Å²) in [4.78, 5) is 11.6. The molecular weight excluding hydrogens is 290 g/mol. The predicted molar refractivity (Wildman–Crippen MR) is 78.4 cm³/mol. The van der Waals surface area contributed by atoms with Crippen LogP contribution in [0.2, 0.25) is 0 Å². The van der Waals surface area contributed by atoms with Crippen molar-refractivity contribution in [3.8, 4) is 0 Å². The second kappa shape index (κ2) is 5.08. The summed E-state index contributed by atoms with van der Waals surface area (Å²) in [6, 6.07) is 4.59. The van der Waals surface area contributed by atoms with Crippen LogP contribution in [-0.2, 0) is 10.0 Å². The van der Waals surface area contributed by atoms with Crippen molar-refractivity contribution in [1.82, 2.24) is 9.62 Å². The molecule has 114 valence electrons. The van der Waals surface area contributed by atoms with E-state index in [2.05, 4.69) is 5.32 Å². The van der Waals surface area contributed by atoms with Gasteiger partial charge in [0.25, 0.3) is 0 Å². The first-order valence-electron chi connectivity index (χ1n) is 7.04. The minimum atomic E-state index is -3.58. The lowest BCUT2D eigenvalue weighted by Gasteiger charge is -2.23. The van der Waals surface area contributed by atoms with Gasteiger partial charge in [0.15, 0.2) is 0 Å². The first-order valence-corrected chi connectivity index (χ1v) is 8.48. The van der Waals surface area contributed by atoms with Crippen molar-refractivity contribution in [2.24, 2.45) is 11.7 Å². The van der Waals surface area contributed by atoms with Crippen LogP contribution in [0.25, 0.3) is 0 Å². The predicted octanol–water partition coefficient (Wildman–Crippen LogP) is 0.0763. The molecule has 2 aliphatic heterocycles. The van der Waals surface area contributed by atoms with Gasteiger partial charge < -0.3 is 11.1 Å². The van der Waals surface area contributed by atoms with E-state index in [0.29, 0.717) is 24.6 Å². The highest BCUT2D eigenvalue weighted by Gasteiger charge is 2.43. The first kappa shape index (κ1) is 14.5. The number of nitrogens with zero attached hydrogens (tertiary/aromatic N) is 1. The summed E-state index contributed by atoms with van der Waals surface area (Å²) in [6.07, 6.45) is 0.880. The molecule has 21 heavy (non-hydrogen) atoms. The van der Waals surface area contributed by atoms with E-state index in [1.54, 1.807) is 23.4 Å². The van der Waals surface area contributed by atoms with E-state index in [0.717, 1.165) is 13.0 Å². The number of carbonyl (C=O) groups excluding carboxylic acids is 1. The van der Waals surface area contributed by atoms with Crippen LogP contribution in [0.1, 0.15) is 22.3 Å². The third-order valence-corrected chi connectivity index (χ3v) is 6.40. The highest BCUT2D eigenvalue weighted by Crippen LogP contribution is 2.32. The van der Waals surface area contributed by atoms with Gasteiger partial charge in [0, 0.05) is 24.7 Å². The maximum atomic E-state index is 12.8. The zero-order chi connectivity index (χ0) is 15.2. The summed E-state index contributed by atoms with van der Waals surface area (Å²) in [5.74, 6) is -0.216. The molecule has 3 N–H and O–H groups in total. The molecular formula is C14H19N3O3S. The second-order valence-corrected chi connectivity index (χ2v) is 7.62. The largest absolute Gasteiger partial charge is 0.366 e. The molecule has 1 aromatic carbocycles. The van der Waals surface area contributed by atoms with E-state index in [-0.39, 0.29) is 16.5 Å². The van der Waals surface area contributed by atoms with Gasteiger partial charge in [-0.25, -0.2) is 8.42 Å². The van der Waals surface area contributed by atoms with E-state index in [9.17, 15) is 13.2 Å². The number of sulfonamides is 1. The number of aryl methyl sites for hydroxylation is 1. The number of amides is 1. The van der Waals surface area contributed by atoms with Crippen molar-refractivity contribution in [1.29, 1.82) is 0 Å². The highest BCUT2D eigenvalue weighted by atomic mass is 32.2. The van der Waals surface area contributed by atoms with Crippen LogP contribution < -0.4 is 11.1 Å². The van der Waals surface area contributed by atoms with Crippen molar-refractivity contribution in [2.45, 2.75) is 24.3 Å². The fraction of sp³-hybridized carbons (Fsp3) is 0.500. The molecule has 3 rings (SSSR count). The molecule has 2 saturated heterocycles. The molecule has 7 heteroatoms. The topological polar surface area (TPSA) is 92.5 Å². The summed E-state index contributed by atoms with van der Waals surface area (Å²) in [7, 11) is -3.58. The molecule has 1 amide bonds. The summed E-state index contributed by atoms with van der Waals surface area (Å²) >= 11 is 0. The summed E-state index contributed by atoms with van der Waals surface area (Å²) in [5, 5.41) is 3.24. The van der Waals surface area contributed by atoms with E-state index in [4.69, 9.17) is 5.73 Å². The fourth-order valence-electron chi connectivity index (χ4n) is 3.27. The molecule has 0 aliphatic carbocycles. The molecule has 6 nitrogen and oxygen atoms in total. The minimum Gasteiger partial charge on any atom is -0.366 e. The van der Waals surface area contributed by atoms with Gasteiger partial charge in [-0.05, 0) is 43.5 Å². The number of fused-ring (bicyclic) bond motifs is 1. The molecule has 1 aromatic rings. The maximum absolute atomic E-state index is 12.8. The molecule has 0 radical (unpaired) electrons. The minimum absolute atomic E-state index is 0.0216. The van der Waals surface area contributed by atoms with Crippen molar-refractivity contribution in [3.63, 3.8) is 0 Å². The van der Waals surface area contributed by atoms with Gasteiger partial charge in [-0.3, -0.25) is 4.79 Å². The Morgan fingerprint density at radius 3 is 2.86 bits per heavy atom. The Hall–Kier alpha value is -1.44. The van der Waals surface area contributed by atoms with Crippen molar-refractivity contribution < 1.29 is 13.2 Å². The third kappa shape index (κ3) is 2.35. The van der Waals surface area contributed by atoms with E-state index in [1.807, 2.05) is 0 Å². The van der Waals surface area contributed by atoms with Gasteiger partial charge >= 0.3 is 0 Å². The molecule has 0 aromatic heterocycles. The second-order valence-electron chi connectivity index (χ2n) is 5.73.